The maximum atomic E-state index is 11.7. The van der Waals surface area contributed by atoms with E-state index in [1.807, 2.05) is 19.2 Å². The normalized spacial score (nSPS) is 42.2. The summed E-state index contributed by atoms with van der Waals surface area (Å²) in [7, 11) is 1.84. The van der Waals surface area contributed by atoms with Gasteiger partial charge in [-0.3, -0.25) is 9.78 Å². The number of hydrogen-bond acceptors (Lipinski definition) is 4. The molecule has 3 aliphatic carbocycles. The van der Waals surface area contributed by atoms with Gasteiger partial charge in [0.05, 0.1) is 0 Å². The average Bonchev–Trinajstić information content (AvgIpc) is 3.09. The molecule has 28 heavy (non-hydrogen) atoms. The number of carbonyl (C=O) groups is 1. The number of nitrogens with zero attached hydrogens (tertiary/aromatic N) is 2. The molecule has 4 unspecified atom stereocenters. The highest BCUT2D eigenvalue weighted by Crippen LogP contribution is 2.59. The number of fused-ring (bicyclic) bond motifs is 3. The number of nitrogens with two attached hydrogens (primary N) is 1. The van der Waals surface area contributed by atoms with Crippen molar-refractivity contribution in [1.29, 1.82) is 0 Å². The minimum atomic E-state index is -0.468. The molecule has 4 atom stereocenters. The van der Waals surface area contributed by atoms with E-state index in [-0.39, 0.29) is 5.60 Å². The molecule has 5 nitrogen and oxygen atoms in total. The molecule has 0 radical (unpaired) electrons. The van der Waals surface area contributed by atoms with Crippen LogP contribution in [-0.4, -0.2) is 42.5 Å². The molecule has 2 bridgehead atoms. The number of piperidine rings is 1. The van der Waals surface area contributed by atoms with Gasteiger partial charge in [0.25, 0.3) is 5.91 Å². The summed E-state index contributed by atoms with van der Waals surface area (Å²) in [6, 6.07) is 3.90. The van der Waals surface area contributed by atoms with Crippen molar-refractivity contribution in [1.82, 2.24) is 9.88 Å². The largest absolute Gasteiger partial charge is 0.373 e. The van der Waals surface area contributed by atoms with Crippen LogP contribution in [0.1, 0.15) is 55.1 Å². The van der Waals surface area contributed by atoms with Crippen LogP contribution in [0.2, 0.25) is 0 Å². The van der Waals surface area contributed by atoms with Gasteiger partial charge >= 0.3 is 0 Å². The Bertz CT molecular complexity index is 740. The van der Waals surface area contributed by atoms with Gasteiger partial charge in [-0.2, -0.15) is 0 Å². The summed E-state index contributed by atoms with van der Waals surface area (Å²) >= 11 is 0. The molecule has 4 aliphatic rings. The van der Waals surface area contributed by atoms with E-state index in [4.69, 9.17) is 10.5 Å². The van der Waals surface area contributed by atoms with Gasteiger partial charge in [0.2, 0.25) is 0 Å². The van der Waals surface area contributed by atoms with E-state index in [2.05, 4.69) is 16.8 Å². The van der Waals surface area contributed by atoms with Crippen LogP contribution in [0.4, 0.5) is 0 Å². The number of hydrogen-bond donors (Lipinski definition) is 1. The lowest BCUT2D eigenvalue weighted by atomic mass is 9.62. The Morgan fingerprint density at radius 1 is 1.29 bits per heavy atom. The van der Waals surface area contributed by atoms with Gasteiger partial charge in [0.15, 0.2) is 0 Å². The first kappa shape index (κ1) is 18.6. The molecule has 2 N–H and O–H groups in total. The molecule has 4 fully saturated rings. The lowest BCUT2D eigenvalue weighted by Crippen LogP contribution is -2.59. The molecule has 1 saturated heterocycles. The first-order valence-electron chi connectivity index (χ1n) is 11.1. The average molecular weight is 384 g/mol. The molecule has 1 aromatic rings. The van der Waals surface area contributed by atoms with Crippen molar-refractivity contribution in [3.8, 4) is 0 Å². The summed E-state index contributed by atoms with van der Waals surface area (Å²) in [4.78, 5) is 18.6. The van der Waals surface area contributed by atoms with Crippen molar-refractivity contribution in [3.05, 3.63) is 29.6 Å². The Labute approximate surface area is 168 Å². The van der Waals surface area contributed by atoms with Crippen molar-refractivity contribution in [2.24, 2.45) is 41.2 Å². The predicted molar refractivity (Wildman–Crippen MR) is 108 cm³/mol. The number of likely N-dealkylation sites (tertiary alicyclic amines) is 1. The number of methoxy groups -OCH3 is 1. The van der Waals surface area contributed by atoms with Crippen molar-refractivity contribution in [2.75, 3.05) is 26.7 Å². The van der Waals surface area contributed by atoms with E-state index < -0.39 is 5.91 Å². The SMILES string of the molecule is COC1(c2ccnc(C(N)=O)c2)C2CCCC1CN(CC1CC3C(C)C3C1)C2. The van der Waals surface area contributed by atoms with Crippen LogP contribution in [0.5, 0.6) is 0 Å². The first-order chi connectivity index (χ1) is 13.5. The van der Waals surface area contributed by atoms with Gasteiger partial charge < -0.3 is 15.4 Å². The second kappa shape index (κ2) is 6.81. The zero-order valence-electron chi connectivity index (χ0n) is 17.1. The summed E-state index contributed by atoms with van der Waals surface area (Å²) in [6.45, 7) is 5.88. The predicted octanol–water partition coefficient (Wildman–Crippen LogP) is 3.05. The molecule has 1 aliphatic heterocycles. The molecule has 5 rings (SSSR count). The van der Waals surface area contributed by atoms with E-state index in [1.54, 1.807) is 6.20 Å². The minimum absolute atomic E-state index is 0.311. The number of primary amides is 1. The van der Waals surface area contributed by atoms with E-state index in [0.717, 1.165) is 42.3 Å². The maximum absolute atomic E-state index is 11.7. The third-order valence-corrected chi connectivity index (χ3v) is 8.56. The van der Waals surface area contributed by atoms with Crippen LogP contribution in [0, 0.1) is 35.5 Å². The van der Waals surface area contributed by atoms with Gasteiger partial charge in [-0.25, -0.2) is 0 Å². The molecule has 0 aromatic carbocycles. The Kier molecular flexibility index (Phi) is 4.51. The van der Waals surface area contributed by atoms with Crippen molar-refractivity contribution < 1.29 is 9.53 Å². The van der Waals surface area contributed by atoms with E-state index in [0.29, 0.717) is 17.5 Å². The second-order valence-corrected chi connectivity index (χ2v) is 9.86. The van der Waals surface area contributed by atoms with E-state index >= 15 is 0 Å². The summed E-state index contributed by atoms with van der Waals surface area (Å²) in [5.74, 6) is 4.39. The van der Waals surface area contributed by atoms with Gasteiger partial charge in [-0.15, -0.1) is 0 Å². The fourth-order valence-electron chi connectivity index (χ4n) is 7.20. The highest BCUT2D eigenvalue weighted by molar-refractivity contribution is 5.90. The minimum Gasteiger partial charge on any atom is -0.373 e. The number of aromatic nitrogens is 1. The zero-order chi connectivity index (χ0) is 19.5. The van der Waals surface area contributed by atoms with E-state index in [9.17, 15) is 4.79 Å². The summed E-state index contributed by atoms with van der Waals surface area (Å²) in [6.07, 6.45) is 8.24. The van der Waals surface area contributed by atoms with Gasteiger partial charge in [-0.1, -0.05) is 13.3 Å². The molecule has 1 amide bonds. The highest BCUT2D eigenvalue weighted by Gasteiger charge is 2.55. The lowest BCUT2D eigenvalue weighted by molar-refractivity contribution is -0.170. The molecule has 2 heterocycles. The van der Waals surface area contributed by atoms with Gasteiger partial charge in [0, 0.05) is 44.8 Å². The van der Waals surface area contributed by atoms with Crippen LogP contribution in [0.3, 0.4) is 0 Å². The number of pyridine rings is 1. The monoisotopic (exact) mass is 383 g/mol. The Morgan fingerprint density at radius 2 is 1.96 bits per heavy atom. The second-order valence-electron chi connectivity index (χ2n) is 9.86. The smallest absolute Gasteiger partial charge is 0.267 e. The Balaban J connectivity index is 1.37. The van der Waals surface area contributed by atoms with Crippen molar-refractivity contribution in [3.63, 3.8) is 0 Å². The summed E-state index contributed by atoms with van der Waals surface area (Å²) in [5.41, 5.74) is 6.62. The molecule has 152 valence electrons. The standard InChI is InChI=1S/C23H33N3O2/c1-14-19-8-15(9-20(14)19)11-26-12-17-4-3-5-18(13-26)23(17,28-2)16-6-7-25-21(10-16)22(24)27/h6-7,10,14-15,17-20H,3-5,8-9,11-13H2,1-2H3,(H2,24,27). The molecule has 3 saturated carbocycles. The van der Waals surface area contributed by atoms with Crippen LogP contribution >= 0.6 is 0 Å². The molecular formula is C23H33N3O2. The van der Waals surface area contributed by atoms with Crippen LogP contribution in [-0.2, 0) is 10.3 Å². The Morgan fingerprint density at radius 3 is 2.57 bits per heavy atom. The van der Waals surface area contributed by atoms with Crippen LogP contribution in [0.15, 0.2) is 18.3 Å². The van der Waals surface area contributed by atoms with Crippen molar-refractivity contribution >= 4 is 5.91 Å². The van der Waals surface area contributed by atoms with Crippen LogP contribution in [0.25, 0.3) is 0 Å². The molecular weight excluding hydrogens is 350 g/mol. The zero-order valence-corrected chi connectivity index (χ0v) is 17.1. The topological polar surface area (TPSA) is 68.5 Å². The number of rotatable bonds is 5. The third-order valence-electron chi connectivity index (χ3n) is 8.56. The number of ether oxygens (including phenoxy) is 1. The fraction of sp³-hybridized carbons (Fsp3) is 0.739. The maximum Gasteiger partial charge on any atom is 0.267 e. The van der Waals surface area contributed by atoms with Gasteiger partial charge in [0.1, 0.15) is 11.3 Å². The quantitative estimate of drug-likeness (QED) is 0.848. The summed E-state index contributed by atoms with van der Waals surface area (Å²) < 4.78 is 6.32. The third kappa shape index (κ3) is 2.81. The van der Waals surface area contributed by atoms with Gasteiger partial charge in [-0.05, 0) is 67.1 Å². The van der Waals surface area contributed by atoms with E-state index in [1.165, 1.54) is 38.6 Å². The molecule has 5 heteroatoms. The summed E-state index contributed by atoms with van der Waals surface area (Å²) in [5, 5.41) is 0. The highest BCUT2D eigenvalue weighted by atomic mass is 16.5. The first-order valence-corrected chi connectivity index (χ1v) is 11.1. The van der Waals surface area contributed by atoms with Crippen molar-refractivity contribution in [2.45, 2.75) is 44.6 Å². The number of carbonyl (C=O) groups excluding carboxylic acids is 1. The number of amides is 1. The fourth-order valence-corrected chi connectivity index (χ4v) is 7.20. The Hall–Kier alpha value is -1.46. The molecule has 1 aromatic heterocycles. The van der Waals surface area contributed by atoms with Crippen LogP contribution < -0.4 is 5.73 Å². The molecule has 0 spiro atoms. The lowest BCUT2D eigenvalue weighted by Gasteiger charge is -2.55.